The van der Waals surface area contributed by atoms with Crippen LogP contribution in [0.5, 0.6) is 11.5 Å². The van der Waals surface area contributed by atoms with Crippen LogP contribution in [-0.2, 0) is 0 Å². The van der Waals surface area contributed by atoms with Crippen LogP contribution in [0.1, 0.15) is 31.8 Å². The molecule has 0 spiro atoms. The Labute approximate surface area is 196 Å². The van der Waals surface area contributed by atoms with Crippen molar-refractivity contribution in [1.29, 1.82) is 0 Å². The van der Waals surface area contributed by atoms with Crippen molar-refractivity contribution in [3.05, 3.63) is 131 Å². The minimum absolute atomic E-state index is 0.368. The van der Waals surface area contributed by atoms with Gasteiger partial charge in [0.05, 0.1) is 23.6 Å². The average Bonchev–Trinajstić information content (AvgIpc) is 2.89. The van der Waals surface area contributed by atoms with Crippen LogP contribution in [0.25, 0.3) is 0 Å². The predicted octanol–water partition coefficient (Wildman–Crippen LogP) is 5.58. The fourth-order valence-electron chi connectivity index (χ4n) is 3.02. The van der Waals surface area contributed by atoms with E-state index in [2.05, 4.69) is 10.2 Å². The van der Waals surface area contributed by atoms with E-state index in [1.165, 1.54) is 12.4 Å². The van der Waals surface area contributed by atoms with E-state index in [1.807, 2.05) is 24.3 Å². The third-order valence-corrected chi connectivity index (χ3v) is 4.72. The SMILES string of the molecule is O=C(Oc1ccccc1/C=N/N=C/c1ccccc1OC(=O)c1ccccc1)c1ccccc1. The fraction of sp³-hybridized carbons (Fsp3) is 0. The van der Waals surface area contributed by atoms with E-state index in [4.69, 9.17) is 9.47 Å². The van der Waals surface area contributed by atoms with Crippen LogP contribution in [0.2, 0.25) is 0 Å². The second-order valence-electron chi connectivity index (χ2n) is 7.08. The number of benzene rings is 4. The zero-order valence-electron chi connectivity index (χ0n) is 18.1. The van der Waals surface area contributed by atoms with Crippen molar-refractivity contribution in [2.24, 2.45) is 10.2 Å². The highest BCUT2D eigenvalue weighted by molar-refractivity contribution is 5.94. The van der Waals surface area contributed by atoms with Gasteiger partial charge in [0.25, 0.3) is 0 Å². The molecule has 166 valence electrons. The maximum absolute atomic E-state index is 12.4. The number of nitrogens with zero attached hydrogens (tertiary/aromatic N) is 2. The summed E-state index contributed by atoms with van der Waals surface area (Å²) in [5, 5.41) is 8.14. The van der Waals surface area contributed by atoms with Gasteiger partial charge in [-0.2, -0.15) is 10.2 Å². The molecule has 34 heavy (non-hydrogen) atoms. The summed E-state index contributed by atoms with van der Waals surface area (Å²) in [6.45, 7) is 0. The standard InChI is InChI=1S/C28H20N2O4/c31-27(21-11-3-1-4-12-21)33-25-17-9-7-15-23(25)19-29-30-20-24-16-8-10-18-26(24)34-28(32)22-13-5-2-6-14-22/h1-20H/b29-19+,30-20+. The van der Waals surface area contributed by atoms with Gasteiger partial charge in [-0.25, -0.2) is 9.59 Å². The van der Waals surface area contributed by atoms with E-state index in [-0.39, 0.29) is 0 Å². The van der Waals surface area contributed by atoms with Gasteiger partial charge in [0.1, 0.15) is 11.5 Å². The largest absolute Gasteiger partial charge is 0.422 e. The summed E-state index contributed by atoms with van der Waals surface area (Å²) >= 11 is 0. The highest BCUT2D eigenvalue weighted by Gasteiger charge is 2.11. The van der Waals surface area contributed by atoms with Gasteiger partial charge in [-0.3, -0.25) is 0 Å². The number of carbonyl (C=O) groups excluding carboxylic acids is 2. The van der Waals surface area contributed by atoms with Gasteiger partial charge >= 0.3 is 11.9 Å². The first-order valence-corrected chi connectivity index (χ1v) is 10.5. The molecule has 0 aliphatic rings. The van der Waals surface area contributed by atoms with Crippen LogP contribution < -0.4 is 9.47 Å². The van der Waals surface area contributed by atoms with Crippen molar-refractivity contribution in [3.8, 4) is 11.5 Å². The van der Waals surface area contributed by atoms with Crippen molar-refractivity contribution in [2.45, 2.75) is 0 Å². The van der Waals surface area contributed by atoms with E-state index in [1.54, 1.807) is 84.9 Å². The molecule has 4 aromatic rings. The third kappa shape index (κ3) is 5.89. The van der Waals surface area contributed by atoms with Crippen LogP contribution in [0, 0.1) is 0 Å². The molecule has 0 atom stereocenters. The second kappa shape index (κ2) is 11.2. The molecular weight excluding hydrogens is 428 g/mol. The number of para-hydroxylation sites is 2. The Balaban J connectivity index is 1.46. The number of hydrogen-bond donors (Lipinski definition) is 0. The summed E-state index contributed by atoms with van der Waals surface area (Å²) < 4.78 is 11.0. The van der Waals surface area contributed by atoms with Gasteiger partial charge in [0.2, 0.25) is 0 Å². The molecule has 0 unspecified atom stereocenters. The van der Waals surface area contributed by atoms with Crippen LogP contribution in [-0.4, -0.2) is 24.4 Å². The molecule has 0 bridgehead atoms. The van der Waals surface area contributed by atoms with Crippen LogP contribution in [0.4, 0.5) is 0 Å². The Hall–Kier alpha value is -4.84. The van der Waals surface area contributed by atoms with Gasteiger partial charge in [0.15, 0.2) is 0 Å². The minimum Gasteiger partial charge on any atom is -0.422 e. The Bertz CT molecular complexity index is 1230. The lowest BCUT2D eigenvalue weighted by molar-refractivity contribution is 0.0725. The number of hydrogen-bond acceptors (Lipinski definition) is 6. The van der Waals surface area contributed by atoms with Gasteiger partial charge < -0.3 is 9.47 Å². The van der Waals surface area contributed by atoms with E-state index in [9.17, 15) is 9.59 Å². The molecule has 0 aliphatic heterocycles. The molecule has 0 radical (unpaired) electrons. The summed E-state index contributed by atoms with van der Waals surface area (Å²) in [7, 11) is 0. The van der Waals surface area contributed by atoms with Crippen molar-refractivity contribution in [2.75, 3.05) is 0 Å². The number of esters is 2. The van der Waals surface area contributed by atoms with Gasteiger partial charge in [-0.05, 0) is 48.5 Å². The fourth-order valence-corrected chi connectivity index (χ4v) is 3.02. The maximum Gasteiger partial charge on any atom is 0.343 e. The normalized spacial score (nSPS) is 10.9. The lowest BCUT2D eigenvalue weighted by atomic mass is 10.2. The third-order valence-electron chi connectivity index (χ3n) is 4.72. The summed E-state index contributed by atoms with van der Waals surface area (Å²) in [5.74, 6) is -0.182. The zero-order valence-corrected chi connectivity index (χ0v) is 18.1. The van der Waals surface area contributed by atoms with Gasteiger partial charge in [-0.1, -0.05) is 60.7 Å². The number of rotatable bonds is 7. The molecule has 4 aromatic carbocycles. The molecule has 0 saturated carbocycles. The molecule has 0 N–H and O–H groups in total. The summed E-state index contributed by atoms with van der Waals surface area (Å²) in [4.78, 5) is 24.7. The minimum atomic E-state index is -0.459. The van der Waals surface area contributed by atoms with E-state index < -0.39 is 11.9 Å². The summed E-state index contributed by atoms with van der Waals surface area (Å²) in [5.41, 5.74) is 2.09. The van der Waals surface area contributed by atoms with E-state index in [0.717, 1.165) is 0 Å². The van der Waals surface area contributed by atoms with Gasteiger partial charge in [0, 0.05) is 11.1 Å². The molecule has 0 heterocycles. The molecule has 0 aliphatic carbocycles. The highest BCUT2D eigenvalue weighted by Crippen LogP contribution is 2.19. The summed E-state index contributed by atoms with van der Waals surface area (Å²) in [6.07, 6.45) is 2.98. The van der Waals surface area contributed by atoms with Crippen LogP contribution in [0.15, 0.2) is 119 Å². The van der Waals surface area contributed by atoms with Crippen LogP contribution in [0.3, 0.4) is 0 Å². The lowest BCUT2D eigenvalue weighted by Crippen LogP contribution is -2.09. The Morgan fingerprint density at radius 3 is 1.26 bits per heavy atom. The molecule has 6 heteroatoms. The Morgan fingerprint density at radius 1 is 0.500 bits per heavy atom. The molecule has 6 nitrogen and oxygen atoms in total. The van der Waals surface area contributed by atoms with Crippen LogP contribution >= 0.6 is 0 Å². The van der Waals surface area contributed by atoms with Crippen molar-refractivity contribution in [1.82, 2.24) is 0 Å². The Morgan fingerprint density at radius 2 is 0.853 bits per heavy atom. The molecule has 0 fully saturated rings. The lowest BCUT2D eigenvalue weighted by Gasteiger charge is -2.07. The number of ether oxygens (including phenoxy) is 2. The van der Waals surface area contributed by atoms with Crippen molar-refractivity contribution in [3.63, 3.8) is 0 Å². The smallest absolute Gasteiger partial charge is 0.343 e. The first-order valence-electron chi connectivity index (χ1n) is 10.5. The van der Waals surface area contributed by atoms with E-state index >= 15 is 0 Å². The average molecular weight is 448 g/mol. The monoisotopic (exact) mass is 448 g/mol. The molecule has 0 saturated heterocycles. The topological polar surface area (TPSA) is 77.3 Å². The maximum atomic E-state index is 12.4. The number of carbonyl (C=O) groups is 2. The summed E-state index contributed by atoms with van der Waals surface area (Å²) in [6, 6.07) is 31.5. The van der Waals surface area contributed by atoms with Crippen molar-refractivity contribution < 1.29 is 19.1 Å². The molecule has 0 amide bonds. The second-order valence-corrected chi connectivity index (χ2v) is 7.08. The molecular formula is C28H20N2O4. The molecule has 4 rings (SSSR count). The first kappa shape index (κ1) is 22.4. The van der Waals surface area contributed by atoms with Gasteiger partial charge in [-0.15, -0.1) is 0 Å². The van der Waals surface area contributed by atoms with Crippen molar-refractivity contribution >= 4 is 24.4 Å². The predicted molar refractivity (Wildman–Crippen MR) is 131 cm³/mol. The van der Waals surface area contributed by atoms with E-state index in [0.29, 0.717) is 33.8 Å². The molecule has 0 aromatic heterocycles. The zero-order chi connectivity index (χ0) is 23.6. The first-order chi connectivity index (χ1) is 16.7. The quantitative estimate of drug-likeness (QED) is 0.160. The highest BCUT2D eigenvalue weighted by atomic mass is 16.5. The Kier molecular flexibility index (Phi) is 7.33.